The quantitative estimate of drug-likeness (QED) is 0.0314. The van der Waals surface area contributed by atoms with Crippen LogP contribution < -0.4 is 0 Å². The molecule has 266 valence electrons. The SMILES string of the molecule is CCCCCCCCC/C=C\CCCCCCCC(=O)OC(COC(=O)CCCCCCCCCCC)COP(=O)(O)OCC. The molecule has 8 nitrogen and oxygen atoms in total. The van der Waals surface area contributed by atoms with Crippen molar-refractivity contribution in [3.8, 4) is 0 Å². The van der Waals surface area contributed by atoms with E-state index >= 15 is 0 Å². The Balaban J connectivity index is 4.14. The molecule has 0 aromatic carbocycles. The van der Waals surface area contributed by atoms with E-state index in [0.29, 0.717) is 12.8 Å². The molecule has 1 N–H and O–H groups in total. The van der Waals surface area contributed by atoms with Gasteiger partial charge in [-0.15, -0.1) is 0 Å². The molecular formula is C36H69O8P. The number of esters is 2. The molecule has 0 aliphatic rings. The summed E-state index contributed by atoms with van der Waals surface area (Å²) in [6, 6.07) is 0. The molecule has 0 spiro atoms. The van der Waals surface area contributed by atoms with E-state index in [2.05, 4.69) is 26.0 Å². The Morgan fingerprint density at radius 2 is 1.00 bits per heavy atom. The summed E-state index contributed by atoms with van der Waals surface area (Å²) in [5.74, 6) is -0.806. The first-order chi connectivity index (χ1) is 21.8. The molecule has 0 heterocycles. The number of carbonyl (C=O) groups is 2. The number of phosphoric ester groups is 1. The fraction of sp³-hybridized carbons (Fsp3) is 0.889. The van der Waals surface area contributed by atoms with Crippen LogP contribution in [-0.2, 0) is 32.7 Å². The lowest BCUT2D eigenvalue weighted by Gasteiger charge is -2.19. The summed E-state index contributed by atoms with van der Waals surface area (Å²) in [7, 11) is -4.27. The van der Waals surface area contributed by atoms with Crippen molar-refractivity contribution >= 4 is 19.8 Å². The zero-order valence-corrected chi connectivity index (χ0v) is 30.2. The number of carbonyl (C=O) groups excluding carboxylic acids is 2. The minimum Gasteiger partial charge on any atom is -0.462 e. The third kappa shape index (κ3) is 32.5. The highest BCUT2D eigenvalue weighted by molar-refractivity contribution is 7.47. The molecule has 0 saturated carbocycles. The number of allylic oxidation sites excluding steroid dienone is 2. The summed E-state index contributed by atoms with van der Waals surface area (Å²) in [6.45, 7) is 5.43. The number of hydrogen-bond donors (Lipinski definition) is 1. The van der Waals surface area contributed by atoms with E-state index in [1.165, 1.54) is 89.9 Å². The Morgan fingerprint density at radius 3 is 1.47 bits per heavy atom. The van der Waals surface area contributed by atoms with Crippen molar-refractivity contribution in [3.05, 3.63) is 12.2 Å². The van der Waals surface area contributed by atoms with Gasteiger partial charge in [0.25, 0.3) is 0 Å². The van der Waals surface area contributed by atoms with Crippen molar-refractivity contribution in [1.29, 1.82) is 0 Å². The van der Waals surface area contributed by atoms with Crippen LogP contribution in [0.3, 0.4) is 0 Å². The molecule has 0 aromatic heterocycles. The van der Waals surface area contributed by atoms with Gasteiger partial charge in [0.1, 0.15) is 6.61 Å². The van der Waals surface area contributed by atoms with E-state index in [1.807, 2.05) is 0 Å². The van der Waals surface area contributed by atoms with Crippen LogP contribution in [-0.4, -0.2) is 42.8 Å². The predicted molar refractivity (Wildman–Crippen MR) is 184 cm³/mol. The van der Waals surface area contributed by atoms with Gasteiger partial charge in [-0.25, -0.2) is 4.57 Å². The lowest BCUT2D eigenvalue weighted by atomic mass is 10.1. The van der Waals surface area contributed by atoms with E-state index in [4.69, 9.17) is 18.5 Å². The molecule has 0 aliphatic heterocycles. The maximum Gasteiger partial charge on any atom is 0.472 e. The molecule has 0 aliphatic carbocycles. The number of unbranched alkanes of at least 4 members (excludes halogenated alkanes) is 20. The fourth-order valence-electron chi connectivity index (χ4n) is 5.09. The summed E-state index contributed by atoms with van der Waals surface area (Å²) in [4.78, 5) is 34.4. The van der Waals surface area contributed by atoms with Crippen LogP contribution in [0.1, 0.15) is 181 Å². The first kappa shape index (κ1) is 43.8. The van der Waals surface area contributed by atoms with Crippen LogP contribution in [0.2, 0.25) is 0 Å². The zero-order chi connectivity index (χ0) is 33.3. The van der Waals surface area contributed by atoms with Crippen molar-refractivity contribution in [2.24, 2.45) is 0 Å². The Morgan fingerprint density at radius 1 is 0.578 bits per heavy atom. The Hall–Kier alpha value is -1.21. The van der Waals surface area contributed by atoms with Gasteiger partial charge in [0.2, 0.25) is 0 Å². The molecule has 0 aromatic rings. The van der Waals surface area contributed by atoms with Crippen LogP contribution in [0, 0.1) is 0 Å². The van der Waals surface area contributed by atoms with E-state index in [-0.39, 0.29) is 25.6 Å². The largest absolute Gasteiger partial charge is 0.472 e. The van der Waals surface area contributed by atoms with Gasteiger partial charge in [-0.05, 0) is 45.4 Å². The average Bonchev–Trinajstić information content (AvgIpc) is 3.01. The van der Waals surface area contributed by atoms with Crippen molar-refractivity contribution in [2.75, 3.05) is 19.8 Å². The molecule has 0 radical (unpaired) electrons. The van der Waals surface area contributed by atoms with Gasteiger partial charge >= 0.3 is 19.8 Å². The molecule has 2 atom stereocenters. The average molecular weight is 661 g/mol. The van der Waals surface area contributed by atoms with Crippen molar-refractivity contribution in [1.82, 2.24) is 0 Å². The molecule has 0 saturated heterocycles. The van der Waals surface area contributed by atoms with Crippen molar-refractivity contribution < 1.29 is 37.6 Å². The highest BCUT2D eigenvalue weighted by atomic mass is 31.2. The lowest BCUT2D eigenvalue weighted by Crippen LogP contribution is -2.29. The van der Waals surface area contributed by atoms with Gasteiger partial charge in [0, 0.05) is 12.8 Å². The zero-order valence-electron chi connectivity index (χ0n) is 29.3. The van der Waals surface area contributed by atoms with Crippen LogP contribution in [0.25, 0.3) is 0 Å². The third-order valence-electron chi connectivity index (χ3n) is 7.82. The fourth-order valence-corrected chi connectivity index (χ4v) is 5.85. The van der Waals surface area contributed by atoms with Crippen molar-refractivity contribution in [3.63, 3.8) is 0 Å². The summed E-state index contributed by atoms with van der Waals surface area (Å²) < 4.78 is 32.4. The summed E-state index contributed by atoms with van der Waals surface area (Å²) in [6.07, 6.45) is 31.2. The Labute approximate surface area is 276 Å². The minimum atomic E-state index is -4.27. The van der Waals surface area contributed by atoms with Crippen LogP contribution >= 0.6 is 7.82 Å². The first-order valence-electron chi connectivity index (χ1n) is 18.5. The second kappa shape index (κ2) is 32.7. The molecule has 0 amide bonds. The molecule has 0 fully saturated rings. The van der Waals surface area contributed by atoms with E-state index in [9.17, 15) is 19.0 Å². The summed E-state index contributed by atoms with van der Waals surface area (Å²) in [5.41, 5.74) is 0. The number of ether oxygens (including phenoxy) is 2. The number of rotatable bonds is 34. The minimum absolute atomic E-state index is 0.00149. The van der Waals surface area contributed by atoms with Crippen LogP contribution in [0.5, 0.6) is 0 Å². The maximum absolute atomic E-state index is 12.5. The molecule has 9 heteroatoms. The maximum atomic E-state index is 12.5. The molecular weight excluding hydrogens is 591 g/mol. The van der Waals surface area contributed by atoms with Gasteiger partial charge < -0.3 is 14.4 Å². The smallest absolute Gasteiger partial charge is 0.462 e. The van der Waals surface area contributed by atoms with Gasteiger partial charge in [0.15, 0.2) is 6.10 Å². The third-order valence-corrected chi connectivity index (χ3v) is 8.88. The van der Waals surface area contributed by atoms with Gasteiger partial charge in [0.05, 0.1) is 13.2 Å². The van der Waals surface area contributed by atoms with Gasteiger partial charge in [-0.3, -0.25) is 18.6 Å². The van der Waals surface area contributed by atoms with E-state index in [1.54, 1.807) is 6.92 Å². The molecule has 0 bridgehead atoms. The summed E-state index contributed by atoms with van der Waals surface area (Å²) >= 11 is 0. The normalized spacial score (nSPS) is 13.6. The van der Waals surface area contributed by atoms with Crippen molar-refractivity contribution in [2.45, 2.75) is 187 Å². The molecule has 0 rings (SSSR count). The molecule has 45 heavy (non-hydrogen) atoms. The highest BCUT2D eigenvalue weighted by Gasteiger charge is 2.25. The van der Waals surface area contributed by atoms with Crippen LogP contribution in [0.15, 0.2) is 12.2 Å². The standard InChI is InChI=1S/C36H69O8P/c1-4-7-9-11-13-15-16-17-18-19-20-21-23-25-27-29-31-36(38)44-34(33-43-45(39,40)42-6-3)32-41-35(37)30-28-26-24-22-14-12-10-8-5-2/h18-19,34H,4-17,20-33H2,1-3H3,(H,39,40)/b19-18-. The number of hydrogen-bond acceptors (Lipinski definition) is 7. The predicted octanol–water partition coefficient (Wildman–Crippen LogP) is 10.9. The van der Waals surface area contributed by atoms with Gasteiger partial charge in [-0.2, -0.15) is 0 Å². The van der Waals surface area contributed by atoms with Gasteiger partial charge in [-0.1, -0.05) is 135 Å². The topological polar surface area (TPSA) is 108 Å². The summed E-state index contributed by atoms with van der Waals surface area (Å²) in [5, 5.41) is 0. The monoisotopic (exact) mass is 660 g/mol. The van der Waals surface area contributed by atoms with Crippen LogP contribution in [0.4, 0.5) is 0 Å². The Bertz CT molecular complexity index is 757. The lowest BCUT2D eigenvalue weighted by molar-refractivity contribution is -0.161. The molecule has 2 unspecified atom stereocenters. The second-order valence-electron chi connectivity index (χ2n) is 12.2. The number of phosphoric acid groups is 1. The highest BCUT2D eigenvalue weighted by Crippen LogP contribution is 2.43. The second-order valence-corrected chi connectivity index (χ2v) is 13.7. The van der Waals surface area contributed by atoms with E-state index < -0.39 is 26.5 Å². The Kier molecular flexibility index (Phi) is 31.8. The first-order valence-corrected chi connectivity index (χ1v) is 20.0. The van der Waals surface area contributed by atoms with E-state index in [0.717, 1.165) is 51.4 Å².